The van der Waals surface area contributed by atoms with Crippen LogP contribution in [0, 0.1) is 0 Å². The second-order valence-corrected chi connectivity index (χ2v) is 4.14. The highest BCUT2D eigenvalue weighted by atomic mass is 14.0. The van der Waals surface area contributed by atoms with Crippen LogP contribution in [0.25, 0.3) is 10.8 Å². The highest BCUT2D eigenvalue weighted by Gasteiger charge is 1.93. The highest BCUT2D eigenvalue weighted by molar-refractivity contribution is 5.82. The van der Waals surface area contributed by atoms with Gasteiger partial charge in [-0.05, 0) is 22.8 Å². The molecule has 0 spiro atoms. The zero-order valence-electron chi connectivity index (χ0n) is 12.7. The molecule has 100 valence electrons. The third kappa shape index (κ3) is 5.86. The molecule has 0 aromatic heterocycles. The van der Waals surface area contributed by atoms with Gasteiger partial charge >= 0.3 is 0 Å². The predicted octanol–water partition coefficient (Wildman–Crippen LogP) is 6.23. The topological polar surface area (TPSA) is 0 Å². The lowest BCUT2D eigenvalue weighted by atomic mass is 10.0. The average molecular weight is 244 g/mol. The van der Waals surface area contributed by atoms with Gasteiger partial charge in [0.05, 0.1) is 0 Å². The summed E-state index contributed by atoms with van der Waals surface area (Å²) < 4.78 is 0. The summed E-state index contributed by atoms with van der Waals surface area (Å²) in [6.07, 6.45) is 3.66. The molecule has 0 aliphatic heterocycles. The largest absolute Gasteiger partial charge is 0.0683 e. The summed E-state index contributed by atoms with van der Waals surface area (Å²) in [6, 6.07) is 15.2. The van der Waals surface area contributed by atoms with Gasteiger partial charge in [0.2, 0.25) is 0 Å². The maximum Gasteiger partial charge on any atom is -0.0181 e. The molecule has 0 aliphatic carbocycles. The third-order valence-electron chi connectivity index (χ3n) is 2.35. The maximum atomic E-state index is 2.29. The van der Waals surface area contributed by atoms with Crippen molar-refractivity contribution in [2.45, 2.75) is 53.9 Å². The molecule has 0 unspecified atom stereocenters. The first kappa shape index (κ1) is 16.7. The van der Waals surface area contributed by atoms with E-state index in [1.807, 2.05) is 13.8 Å². The van der Waals surface area contributed by atoms with Gasteiger partial charge in [-0.3, -0.25) is 0 Å². The molecule has 0 amide bonds. The van der Waals surface area contributed by atoms with E-state index in [-0.39, 0.29) is 0 Å². The van der Waals surface area contributed by atoms with Crippen LogP contribution in [0.1, 0.15) is 53.0 Å². The lowest BCUT2D eigenvalue weighted by Crippen LogP contribution is -1.82. The Hall–Kier alpha value is -1.30. The summed E-state index contributed by atoms with van der Waals surface area (Å²) in [5, 5.41) is 2.69. The molecule has 0 aliphatic rings. The minimum absolute atomic E-state index is 1.19. The van der Waals surface area contributed by atoms with Crippen molar-refractivity contribution in [2.24, 2.45) is 0 Å². The number of hydrogen-bond donors (Lipinski definition) is 0. The Kier molecular flexibility index (Phi) is 10.0. The van der Waals surface area contributed by atoms with Crippen molar-refractivity contribution >= 4 is 10.8 Å². The van der Waals surface area contributed by atoms with Crippen molar-refractivity contribution in [1.29, 1.82) is 0 Å². The van der Waals surface area contributed by atoms with Gasteiger partial charge in [0.15, 0.2) is 0 Å². The zero-order chi connectivity index (χ0) is 13.8. The number of rotatable bonds is 2. The van der Waals surface area contributed by atoms with Crippen LogP contribution in [0.3, 0.4) is 0 Å². The van der Waals surface area contributed by atoms with Crippen molar-refractivity contribution in [1.82, 2.24) is 0 Å². The summed E-state index contributed by atoms with van der Waals surface area (Å²) in [5.41, 5.74) is 1.45. The fourth-order valence-electron chi connectivity index (χ4n) is 1.68. The lowest BCUT2D eigenvalue weighted by molar-refractivity contribution is 0.924. The van der Waals surface area contributed by atoms with Crippen molar-refractivity contribution < 1.29 is 0 Å². The van der Waals surface area contributed by atoms with E-state index in [1.54, 1.807) is 0 Å². The summed E-state index contributed by atoms with van der Waals surface area (Å²) in [4.78, 5) is 0. The molecule has 18 heavy (non-hydrogen) atoms. The molecular formula is C18H28. The van der Waals surface area contributed by atoms with Gasteiger partial charge in [-0.2, -0.15) is 0 Å². The minimum atomic E-state index is 1.19. The summed E-state index contributed by atoms with van der Waals surface area (Å²) in [7, 11) is 0. The summed E-state index contributed by atoms with van der Waals surface area (Å²) in [6.45, 7) is 10.5. The minimum Gasteiger partial charge on any atom is -0.0683 e. The van der Waals surface area contributed by atoms with Gasteiger partial charge in [-0.1, -0.05) is 89.9 Å². The summed E-state index contributed by atoms with van der Waals surface area (Å²) in [5.74, 6) is 0. The van der Waals surface area contributed by atoms with Crippen molar-refractivity contribution in [3.05, 3.63) is 48.0 Å². The van der Waals surface area contributed by atoms with Gasteiger partial charge < -0.3 is 0 Å². The van der Waals surface area contributed by atoms with E-state index in [0.717, 1.165) is 0 Å². The first-order valence-electron chi connectivity index (χ1n) is 7.29. The summed E-state index contributed by atoms with van der Waals surface area (Å²) >= 11 is 0. The Labute approximate surface area is 113 Å². The van der Waals surface area contributed by atoms with Crippen LogP contribution in [-0.4, -0.2) is 0 Å². The van der Waals surface area contributed by atoms with Crippen LogP contribution in [0.4, 0.5) is 0 Å². The second kappa shape index (κ2) is 10.8. The maximum absolute atomic E-state index is 2.29. The zero-order valence-corrected chi connectivity index (χ0v) is 12.7. The molecule has 2 rings (SSSR count). The van der Waals surface area contributed by atoms with Gasteiger partial charge in [0.25, 0.3) is 0 Å². The molecule has 0 bridgehead atoms. The van der Waals surface area contributed by atoms with Crippen LogP contribution in [0.2, 0.25) is 0 Å². The predicted molar refractivity (Wildman–Crippen MR) is 85.3 cm³/mol. The molecule has 2 aromatic rings. The van der Waals surface area contributed by atoms with Crippen LogP contribution in [0.15, 0.2) is 42.5 Å². The Morgan fingerprint density at radius 2 is 1.33 bits per heavy atom. The van der Waals surface area contributed by atoms with Crippen LogP contribution >= 0.6 is 0 Å². The molecule has 0 atom stereocenters. The lowest BCUT2D eigenvalue weighted by Gasteiger charge is -2.01. The van der Waals surface area contributed by atoms with E-state index < -0.39 is 0 Å². The number of benzene rings is 2. The van der Waals surface area contributed by atoms with Crippen molar-refractivity contribution in [3.63, 3.8) is 0 Å². The van der Waals surface area contributed by atoms with Gasteiger partial charge in [-0.25, -0.2) is 0 Å². The molecule has 0 radical (unpaired) electrons. The molecule has 0 fully saturated rings. The van der Waals surface area contributed by atoms with E-state index in [1.165, 1.54) is 35.6 Å². The first-order chi connectivity index (χ1) is 8.81. The molecule has 0 saturated heterocycles. The van der Waals surface area contributed by atoms with Crippen molar-refractivity contribution in [3.8, 4) is 0 Å². The molecule has 0 saturated carbocycles. The van der Waals surface area contributed by atoms with Crippen LogP contribution < -0.4 is 0 Å². The molecule has 0 N–H and O–H groups in total. The highest BCUT2D eigenvalue weighted by Crippen LogP contribution is 2.16. The van der Waals surface area contributed by atoms with Gasteiger partial charge in [0.1, 0.15) is 0 Å². The normalized spacial score (nSPS) is 8.94. The smallest absolute Gasteiger partial charge is 0.0181 e. The van der Waals surface area contributed by atoms with E-state index >= 15 is 0 Å². The number of hydrogen-bond acceptors (Lipinski definition) is 0. The molecule has 0 nitrogen and oxygen atoms in total. The Morgan fingerprint density at radius 3 is 1.89 bits per heavy atom. The molecule has 0 heteroatoms. The van der Waals surface area contributed by atoms with E-state index in [0.29, 0.717) is 0 Å². The number of aryl methyl sites for hydroxylation is 1. The Bertz CT molecular complexity index is 415. The Balaban J connectivity index is 0.000000509. The molecule has 2 aromatic carbocycles. The standard InChI is InChI=1S/C13H14.C3H8.C2H6/c1-2-5-11-8-9-12-6-3-4-7-13(12)10-11;1-3-2;1-2/h3-4,6-10H,2,5H2,1H3;3H2,1-2H3;1-2H3. The monoisotopic (exact) mass is 244 g/mol. The quantitative estimate of drug-likeness (QED) is 0.587. The van der Waals surface area contributed by atoms with Crippen LogP contribution in [0.5, 0.6) is 0 Å². The average Bonchev–Trinajstić information content (AvgIpc) is 2.42. The van der Waals surface area contributed by atoms with Gasteiger partial charge in [-0.15, -0.1) is 0 Å². The van der Waals surface area contributed by atoms with E-state index in [4.69, 9.17) is 0 Å². The van der Waals surface area contributed by atoms with Gasteiger partial charge in [0, 0.05) is 0 Å². The third-order valence-corrected chi connectivity index (χ3v) is 2.35. The van der Waals surface area contributed by atoms with Crippen molar-refractivity contribution in [2.75, 3.05) is 0 Å². The Morgan fingerprint density at radius 1 is 0.778 bits per heavy atom. The van der Waals surface area contributed by atoms with Crippen LogP contribution in [-0.2, 0) is 6.42 Å². The van der Waals surface area contributed by atoms with E-state index in [2.05, 4.69) is 63.2 Å². The number of fused-ring (bicyclic) bond motifs is 1. The molecule has 0 heterocycles. The second-order valence-electron chi connectivity index (χ2n) is 4.14. The molecular weight excluding hydrogens is 216 g/mol. The SMILES string of the molecule is CC.CCC.CCCc1ccc2ccccc2c1. The fraction of sp³-hybridized carbons (Fsp3) is 0.444. The van der Waals surface area contributed by atoms with E-state index in [9.17, 15) is 0 Å². The first-order valence-corrected chi connectivity index (χ1v) is 7.29. The fourth-order valence-corrected chi connectivity index (χ4v) is 1.68.